The van der Waals surface area contributed by atoms with Gasteiger partial charge in [0.25, 0.3) is 0 Å². The minimum Gasteiger partial charge on any atom is -0.305 e. The summed E-state index contributed by atoms with van der Waals surface area (Å²) in [5.41, 5.74) is 1.30. The van der Waals surface area contributed by atoms with Gasteiger partial charge in [0.1, 0.15) is 0 Å². The highest BCUT2D eigenvalue weighted by molar-refractivity contribution is 7.80. The molecule has 13 heavy (non-hydrogen) atoms. The average molecular weight is 196 g/mol. The van der Waals surface area contributed by atoms with Crippen molar-refractivity contribution in [1.29, 1.82) is 0 Å². The fourth-order valence-electron chi connectivity index (χ4n) is 1.15. The summed E-state index contributed by atoms with van der Waals surface area (Å²) in [5, 5.41) is 0. The van der Waals surface area contributed by atoms with Gasteiger partial charge in [0.15, 0.2) is 0 Å². The summed E-state index contributed by atoms with van der Waals surface area (Å²) < 4.78 is 0. The molecule has 1 aromatic heterocycles. The predicted octanol–water partition coefficient (Wildman–Crippen LogP) is 1.49. The lowest BCUT2D eigenvalue weighted by Gasteiger charge is -2.14. The Hall–Kier alpha value is -0.540. The third-order valence-electron chi connectivity index (χ3n) is 1.99. The molecule has 0 N–H and O–H groups in total. The van der Waals surface area contributed by atoms with E-state index in [0.717, 1.165) is 25.3 Å². The van der Waals surface area contributed by atoms with Crippen LogP contribution in [0.25, 0.3) is 0 Å². The molecule has 0 amide bonds. The Balaban J connectivity index is 2.27. The Morgan fingerprint density at radius 1 is 1.46 bits per heavy atom. The molecule has 0 aliphatic carbocycles. The number of rotatable bonds is 5. The monoisotopic (exact) mass is 196 g/mol. The minimum atomic E-state index is 0.920. The van der Waals surface area contributed by atoms with Gasteiger partial charge in [-0.2, -0.15) is 12.6 Å². The average Bonchev–Trinajstić information content (AvgIpc) is 2.17. The van der Waals surface area contributed by atoms with Crippen LogP contribution in [0.4, 0.5) is 0 Å². The van der Waals surface area contributed by atoms with E-state index in [1.54, 1.807) is 6.20 Å². The van der Waals surface area contributed by atoms with E-state index in [2.05, 4.69) is 35.6 Å². The molecule has 0 bridgehead atoms. The molecule has 72 valence electrons. The Morgan fingerprint density at radius 2 is 2.31 bits per heavy atom. The van der Waals surface area contributed by atoms with Crippen LogP contribution in [-0.2, 0) is 6.42 Å². The predicted molar refractivity (Wildman–Crippen MR) is 59.3 cm³/mol. The zero-order chi connectivity index (χ0) is 9.52. The molecule has 0 aliphatic rings. The summed E-state index contributed by atoms with van der Waals surface area (Å²) in [4.78, 5) is 6.35. The van der Waals surface area contributed by atoms with Crippen LogP contribution >= 0.6 is 12.6 Å². The highest BCUT2D eigenvalue weighted by atomic mass is 32.1. The van der Waals surface area contributed by atoms with Crippen molar-refractivity contribution in [1.82, 2.24) is 9.88 Å². The summed E-state index contributed by atoms with van der Waals surface area (Å²) in [5.74, 6) is 0.920. The van der Waals surface area contributed by atoms with Crippen LogP contribution in [0, 0.1) is 0 Å². The quantitative estimate of drug-likeness (QED) is 0.718. The Bertz CT molecular complexity index is 226. The number of aromatic nitrogens is 1. The zero-order valence-electron chi connectivity index (χ0n) is 7.98. The second kappa shape index (κ2) is 6.00. The van der Waals surface area contributed by atoms with Gasteiger partial charge in [-0.1, -0.05) is 6.07 Å². The summed E-state index contributed by atoms with van der Waals surface area (Å²) in [6, 6.07) is 4.09. The second-order valence-corrected chi connectivity index (χ2v) is 3.59. The largest absolute Gasteiger partial charge is 0.305 e. The minimum absolute atomic E-state index is 0.920. The van der Waals surface area contributed by atoms with Gasteiger partial charge < -0.3 is 4.90 Å². The maximum absolute atomic E-state index is 4.19. The van der Waals surface area contributed by atoms with E-state index in [-0.39, 0.29) is 0 Å². The third kappa shape index (κ3) is 4.29. The summed E-state index contributed by atoms with van der Waals surface area (Å²) >= 11 is 4.19. The van der Waals surface area contributed by atoms with Gasteiger partial charge >= 0.3 is 0 Å². The molecule has 3 heteroatoms. The number of hydrogen-bond donors (Lipinski definition) is 1. The summed E-state index contributed by atoms with van der Waals surface area (Å²) in [7, 11) is 2.12. The van der Waals surface area contributed by atoms with Gasteiger partial charge in [0.2, 0.25) is 0 Å². The van der Waals surface area contributed by atoms with Crippen LogP contribution in [-0.4, -0.2) is 35.8 Å². The van der Waals surface area contributed by atoms with Crippen molar-refractivity contribution in [3.05, 3.63) is 30.1 Å². The molecule has 0 saturated carbocycles. The number of thiol groups is 1. The summed E-state index contributed by atoms with van der Waals surface area (Å²) in [6.07, 6.45) is 4.80. The van der Waals surface area contributed by atoms with E-state index >= 15 is 0 Å². The molecule has 0 aliphatic heterocycles. The molecular formula is C10H16N2S. The second-order valence-electron chi connectivity index (χ2n) is 3.14. The van der Waals surface area contributed by atoms with Gasteiger partial charge in [-0.25, -0.2) is 0 Å². The Labute approximate surface area is 85.4 Å². The molecule has 1 aromatic rings. The van der Waals surface area contributed by atoms with Gasteiger partial charge in [-0.15, -0.1) is 0 Å². The molecule has 1 rings (SSSR count). The van der Waals surface area contributed by atoms with Gasteiger partial charge in [-0.3, -0.25) is 4.98 Å². The molecule has 2 nitrogen and oxygen atoms in total. The standard InChI is InChI=1S/C10H16N2S/c1-12(7-8-13)6-4-10-3-2-5-11-9-10/h2-3,5,9,13H,4,6-8H2,1H3. The molecule has 1 heterocycles. The van der Waals surface area contributed by atoms with E-state index < -0.39 is 0 Å². The molecule has 0 unspecified atom stereocenters. The first kappa shape index (κ1) is 10.5. The molecule has 0 aromatic carbocycles. The van der Waals surface area contributed by atoms with Crippen molar-refractivity contribution in [2.75, 3.05) is 25.9 Å². The highest BCUT2D eigenvalue weighted by Gasteiger charge is 1.97. The molecular weight excluding hydrogens is 180 g/mol. The molecule has 0 fully saturated rings. The zero-order valence-corrected chi connectivity index (χ0v) is 8.87. The van der Waals surface area contributed by atoms with Crippen LogP contribution in [0.5, 0.6) is 0 Å². The van der Waals surface area contributed by atoms with E-state index in [1.807, 2.05) is 12.3 Å². The van der Waals surface area contributed by atoms with Crippen LogP contribution in [0.3, 0.4) is 0 Å². The first-order valence-electron chi connectivity index (χ1n) is 4.51. The maximum atomic E-state index is 4.19. The van der Waals surface area contributed by atoms with Crippen LogP contribution in [0.1, 0.15) is 5.56 Å². The van der Waals surface area contributed by atoms with Crippen molar-refractivity contribution < 1.29 is 0 Å². The topological polar surface area (TPSA) is 16.1 Å². The van der Waals surface area contributed by atoms with E-state index in [0.29, 0.717) is 0 Å². The van der Waals surface area contributed by atoms with E-state index in [1.165, 1.54) is 5.56 Å². The Kier molecular flexibility index (Phi) is 4.86. The SMILES string of the molecule is CN(CCS)CCc1cccnc1. The highest BCUT2D eigenvalue weighted by Crippen LogP contribution is 1.98. The molecule has 0 spiro atoms. The lowest BCUT2D eigenvalue weighted by atomic mass is 10.2. The van der Waals surface area contributed by atoms with Crippen molar-refractivity contribution in [3.8, 4) is 0 Å². The maximum Gasteiger partial charge on any atom is 0.0300 e. The van der Waals surface area contributed by atoms with Crippen molar-refractivity contribution in [3.63, 3.8) is 0 Å². The molecule has 0 saturated heterocycles. The van der Waals surface area contributed by atoms with Gasteiger partial charge in [0, 0.05) is 31.2 Å². The van der Waals surface area contributed by atoms with Crippen molar-refractivity contribution in [2.24, 2.45) is 0 Å². The number of hydrogen-bond acceptors (Lipinski definition) is 3. The van der Waals surface area contributed by atoms with Crippen LogP contribution in [0.15, 0.2) is 24.5 Å². The smallest absolute Gasteiger partial charge is 0.0300 e. The van der Waals surface area contributed by atoms with Crippen molar-refractivity contribution in [2.45, 2.75) is 6.42 Å². The van der Waals surface area contributed by atoms with Crippen LogP contribution < -0.4 is 0 Å². The van der Waals surface area contributed by atoms with Crippen molar-refractivity contribution >= 4 is 12.6 Å². The number of pyridine rings is 1. The lowest BCUT2D eigenvalue weighted by Crippen LogP contribution is -2.23. The number of nitrogens with zero attached hydrogens (tertiary/aromatic N) is 2. The van der Waals surface area contributed by atoms with Gasteiger partial charge in [0.05, 0.1) is 0 Å². The number of likely N-dealkylation sites (N-methyl/N-ethyl adjacent to an activating group) is 1. The first-order chi connectivity index (χ1) is 6.33. The molecule has 0 radical (unpaired) electrons. The normalized spacial score (nSPS) is 10.7. The summed E-state index contributed by atoms with van der Waals surface area (Å²) in [6.45, 7) is 2.12. The first-order valence-corrected chi connectivity index (χ1v) is 5.14. The lowest BCUT2D eigenvalue weighted by molar-refractivity contribution is 0.360. The fraction of sp³-hybridized carbons (Fsp3) is 0.500. The van der Waals surface area contributed by atoms with Gasteiger partial charge in [-0.05, 0) is 25.1 Å². The van der Waals surface area contributed by atoms with Crippen LogP contribution in [0.2, 0.25) is 0 Å². The Morgan fingerprint density at radius 3 is 2.92 bits per heavy atom. The van der Waals surface area contributed by atoms with E-state index in [9.17, 15) is 0 Å². The van der Waals surface area contributed by atoms with E-state index in [4.69, 9.17) is 0 Å². The fourth-order valence-corrected chi connectivity index (χ4v) is 1.49. The molecule has 0 atom stereocenters. The third-order valence-corrected chi connectivity index (χ3v) is 2.19.